The SMILES string of the molecule is COc1ccc(-c2ccc3c(N)c(C(=O)Nc4ccc(Br)cc4Cl)sc3n2)cc1. The van der Waals surface area contributed by atoms with Gasteiger partial charge in [0.05, 0.1) is 29.2 Å². The monoisotopic (exact) mass is 487 g/mol. The predicted molar refractivity (Wildman–Crippen MR) is 123 cm³/mol. The second kappa shape index (κ2) is 8.02. The number of thiophene rings is 1. The number of aromatic nitrogens is 1. The van der Waals surface area contributed by atoms with Gasteiger partial charge in [0.2, 0.25) is 0 Å². The molecular weight excluding hydrogens is 474 g/mol. The van der Waals surface area contributed by atoms with E-state index in [9.17, 15) is 4.79 Å². The lowest BCUT2D eigenvalue weighted by molar-refractivity contribution is 0.103. The lowest BCUT2D eigenvalue weighted by Crippen LogP contribution is -2.12. The van der Waals surface area contributed by atoms with Crippen molar-refractivity contribution in [2.75, 3.05) is 18.2 Å². The Morgan fingerprint density at radius 2 is 1.93 bits per heavy atom. The van der Waals surface area contributed by atoms with Crippen LogP contribution in [0.1, 0.15) is 9.67 Å². The summed E-state index contributed by atoms with van der Waals surface area (Å²) < 4.78 is 6.02. The van der Waals surface area contributed by atoms with Gasteiger partial charge in [0, 0.05) is 15.4 Å². The molecule has 0 unspecified atom stereocenters. The molecule has 2 aromatic carbocycles. The van der Waals surface area contributed by atoms with Gasteiger partial charge in [-0.1, -0.05) is 27.5 Å². The molecule has 3 N–H and O–H groups in total. The Morgan fingerprint density at radius 3 is 2.62 bits per heavy atom. The first kappa shape index (κ1) is 19.7. The molecule has 0 saturated heterocycles. The van der Waals surface area contributed by atoms with Crippen molar-refractivity contribution in [2.24, 2.45) is 0 Å². The summed E-state index contributed by atoms with van der Waals surface area (Å²) in [5.74, 6) is 0.460. The molecule has 0 atom stereocenters. The summed E-state index contributed by atoms with van der Waals surface area (Å²) in [6.45, 7) is 0. The number of nitrogens with one attached hydrogen (secondary N) is 1. The van der Waals surface area contributed by atoms with Crippen molar-refractivity contribution < 1.29 is 9.53 Å². The summed E-state index contributed by atoms with van der Waals surface area (Å²) in [5, 5.41) is 4.00. The van der Waals surface area contributed by atoms with Gasteiger partial charge in [-0.25, -0.2) is 4.98 Å². The number of rotatable bonds is 4. The van der Waals surface area contributed by atoms with Crippen LogP contribution in [0.5, 0.6) is 5.75 Å². The summed E-state index contributed by atoms with van der Waals surface area (Å²) in [6, 6.07) is 16.7. The number of nitrogen functional groups attached to an aromatic ring is 1. The van der Waals surface area contributed by atoms with Crippen LogP contribution in [0.2, 0.25) is 5.02 Å². The number of halogens is 2. The number of anilines is 2. The third-order valence-electron chi connectivity index (χ3n) is 4.37. The summed E-state index contributed by atoms with van der Waals surface area (Å²) in [5.41, 5.74) is 8.91. The molecule has 5 nitrogen and oxygen atoms in total. The Balaban J connectivity index is 1.66. The molecule has 29 heavy (non-hydrogen) atoms. The minimum Gasteiger partial charge on any atom is -0.497 e. The zero-order valence-corrected chi connectivity index (χ0v) is 18.4. The molecule has 1 amide bonds. The standard InChI is InChI=1S/C21H15BrClN3O2S/c1-28-13-5-2-11(3-6-13)16-9-7-14-18(24)19(29-21(14)26-16)20(27)25-17-8-4-12(22)10-15(17)23/h2-10H,24H2,1H3,(H,25,27). The normalized spacial score (nSPS) is 10.9. The van der Waals surface area contributed by atoms with Gasteiger partial charge >= 0.3 is 0 Å². The Bertz CT molecular complexity index is 1220. The molecule has 4 rings (SSSR count). The van der Waals surface area contributed by atoms with Crippen LogP contribution in [0, 0.1) is 0 Å². The third kappa shape index (κ3) is 3.94. The lowest BCUT2D eigenvalue weighted by Gasteiger charge is -2.06. The first-order valence-electron chi connectivity index (χ1n) is 8.56. The number of fused-ring (bicyclic) bond motifs is 1. The number of methoxy groups -OCH3 is 1. The van der Waals surface area contributed by atoms with E-state index in [-0.39, 0.29) is 5.91 Å². The van der Waals surface area contributed by atoms with Crippen LogP contribution in [-0.4, -0.2) is 18.0 Å². The molecule has 0 aliphatic rings. The van der Waals surface area contributed by atoms with E-state index in [2.05, 4.69) is 26.2 Å². The average Bonchev–Trinajstić information content (AvgIpc) is 3.06. The molecule has 0 saturated carbocycles. The highest BCUT2D eigenvalue weighted by Crippen LogP contribution is 2.35. The van der Waals surface area contributed by atoms with Crippen LogP contribution in [0.15, 0.2) is 59.1 Å². The van der Waals surface area contributed by atoms with Crippen molar-refractivity contribution >= 4 is 66.4 Å². The van der Waals surface area contributed by atoms with Gasteiger partial charge < -0.3 is 15.8 Å². The number of benzene rings is 2. The quantitative estimate of drug-likeness (QED) is 0.357. The van der Waals surface area contributed by atoms with Gasteiger partial charge in [0.25, 0.3) is 5.91 Å². The molecule has 8 heteroatoms. The van der Waals surface area contributed by atoms with Crippen molar-refractivity contribution in [3.63, 3.8) is 0 Å². The number of hydrogen-bond donors (Lipinski definition) is 2. The van der Waals surface area contributed by atoms with E-state index in [4.69, 9.17) is 22.1 Å². The minimum absolute atomic E-state index is 0.319. The Labute approximate surface area is 184 Å². The fraction of sp³-hybridized carbons (Fsp3) is 0.0476. The van der Waals surface area contributed by atoms with E-state index in [0.717, 1.165) is 26.9 Å². The van der Waals surface area contributed by atoms with Crippen molar-refractivity contribution in [1.82, 2.24) is 4.98 Å². The molecule has 0 fully saturated rings. The number of nitrogens with zero attached hydrogens (tertiary/aromatic N) is 1. The molecule has 0 aliphatic carbocycles. The highest BCUT2D eigenvalue weighted by Gasteiger charge is 2.19. The zero-order valence-electron chi connectivity index (χ0n) is 15.2. The van der Waals surface area contributed by atoms with Crippen LogP contribution in [0.25, 0.3) is 21.5 Å². The van der Waals surface area contributed by atoms with E-state index in [1.54, 1.807) is 25.3 Å². The molecule has 0 spiro atoms. The first-order valence-corrected chi connectivity index (χ1v) is 10.5. The smallest absolute Gasteiger partial charge is 0.267 e. The molecule has 0 radical (unpaired) electrons. The maximum atomic E-state index is 12.8. The second-order valence-corrected chi connectivity index (χ2v) is 8.52. The Kier molecular flexibility index (Phi) is 5.45. The van der Waals surface area contributed by atoms with Gasteiger partial charge in [0.1, 0.15) is 15.5 Å². The van der Waals surface area contributed by atoms with Crippen LogP contribution in [0.3, 0.4) is 0 Å². The number of amides is 1. The maximum absolute atomic E-state index is 12.8. The van der Waals surface area contributed by atoms with Gasteiger partial charge in [-0.2, -0.15) is 0 Å². The van der Waals surface area contributed by atoms with Crippen molar-refractivity contribution in [1.29, 1.82) is 0 Å². The number of nitrogens with two attached hydrogens (primary N) is 1. The predicted octanol–water partition coefficient (Wildman–Crippen LogP) is 6.22. The molecule has 2 aromatic heterocycles. The fourth-order valence-electron chi connectivity index (χ4n) is 2.86. The Morgan fingerprint density at radius 1 is 1.17 bits per heavy atom. The highest BCUT2D eigenvalue weighted by molar-refractivity contribution is 9.10. The van der Waals surface area contributed by atoms with Crippen LogP contribution in [-0.2, 0) is 0 Å². The summed E-state index contributed by atoms with van der Waals surface area (Å²) in [6.07, 6.45) is 0. The largest absolute Gasteiger partial charge is 0.497 e. The molecule has 0 bridgehead atoms. The number of ether oxygens (including phenoxy) is 1. The second-order valence-electron chi connectivity index (χ2n) is 6.20. The van der Waals surface area contributed by atoms with E-state index < -0.39 is 0 Å². The first-order chi connectivity index (χ1) is 14.0. The van der Waals surface area contributed by atoms with Crippen LogP contribution >= 0.6 is 38.9 Å². The molecule has 4 aromatic rings. The number of carbonyl (C=O) groups excluding carboxylic acids is 1. The number of pyridine rings is 1. The Hall–Kier alpha value is -2.61. The molecular formula is C21H15BrClN3O2S. The molecule has 0 aliphatic heterocycles. The van der Waals surface area contributed by atoms with Gasteiger partial charge in [-0.3, -0.25) is 4.79 Å². The van der Waals surface area contributed by atoms with Crippen molar-refractivity contribution in [3.8, 4) is 17.0 Å². The molecule has 2 heterocycles. The van der Waals surface area contributed by atoms with Crippen molar-refractivity contribution in [3.05, 3.63) is 69.0 Å². The minimum atomic E-state index is -0.319. The van der Waals surface area contributed by atoms with Crippen LogP contribution in [0.4, 0.5) is 11.4 Å². The number of hydrogen-bond acceptors (Lipinski definition) is 5. The van der Waals surface area contributed by atoms with E-state index in [0.29, 0.717) is 26.1 Å². The third-order valence-corrected chi connectivity index (χ3v) is 6.29. The summed E-state index contributed by atoms with van der Waals surface area (Å²) >= 11 is 10.8. The van der Waals surface area contributed by atoms with E-state index >= 15 is 0 Å². The fourth-order valence-corrected chi connectivity index (χ4v) is 4.57. The van der Waals surface area contributed by atoms with Gasteiger partial charge in [-0.05, 0) is 54.6 Å². The highest BCUT2D eigenvalue weighted by atomic mass is 79.9. The average molecular weight is 489 g/mol. The van der Waals surface area contributed by atoms with Gasteiger partial charge in [0.15, 0.2) is 0 Å². The summed E-state index contributed by atoms with van der Waals surface area (Å²) in [4.78, 5) is 18.6. The van der Waals surface area contributed by atoms with E-state index in [1.165, 1.54) is 11.3 Å². The topological polar surface area (TPSA) is 77.2 Å². The summed E-state index contributed by atoms with van der Waals surface area (Å²) in [7, 11) is 1.63. The molecule has 146 valence electrons. The number of carbonyl (C=O) groups is 1. The van der Waals surface area contributed by atoms with Crippen LogP contribution < -0.4 is 15.8 Å². The van der Waals surface area contributed by atoms with Gasteiger partial charge in [-0.15, -0.1) is 11.3 Å². The lowest BCUT2D eigenvalue weighted by atomic mass is 10.1. The maximum Gasteiger partial charge on any atom is 0.267 e. The zero-order chi connectivity index (χ0) is 20.5. The van der Waals surface area contributed by atoms with Crippen molar-refractivity contribution in [2.45, 2.75) is 0 Å². The van der Waals surface area contributed by atoms with E-state index in [1.807, 2.05) is 36.4 Å².